The van der Waals surface area contributed by atoms with Gasteiger partial charge in [0.05, 0.1) is 6.42 Å². The van der Waals surface area contributed by atoms with Crippen molar-refractivity contribution in [1.29, 1.82) is 0 Å². The molecule has 0 saturated carbocycles. The maximum absolute atomic E-state index is 11.1. The van der Waals surface area contributed by atoms with Crippen molar-refractivity contribution in [3.05, 3.63) is 0 Å². The smallest absolute Gasteiger partial charge is 0.248 e. The minimum atomic E-state index is 0.135. The van der Waals surface area contributed by atoms with Gasteiger partial charge in [0.25, 0.3) is 0 Å². The van der Waals surface area contributed by atoms with Crippen LogP contribution in [0.4, 0.5) is 0 Å². The number of carbonyl (C=O) groups excluding carboxylic acids is 1. The van der Waals surface area contributed by atoms with Gasteiger partial charge in [-0.2, -0.15) is 5.10 Å². The fourth-order valence-electron chi connectivity index (χ4n) is 1.10. The largest absolute Gasteiger partial charge is 0.273 e. The van der Waals surface area contributed by atoms with Crippen molar-refractivity contribution in [3.63, 3.8) is 0 Å². The molecule has 0 aliphatic carbocycles. The van der Waals surface area contributed by atoms with Crippen molar-refractivity contribution in [2.75, 3.05) is 6.54 Å². The summed E-state index contributed by atoms with van der Waals surface area (Å²) >= 11 is 0. The van der Waals surface area contributed by atoms with Crippen LogP contribution in [0.5, 0.6) is 0 Å². The number of nitrogens with zero attached hydrogens (tertiary/aromatic N) is 2. The lowest BCUT2D eigenvalue weighted by Gasteiger charge is -2.13. The molecule has 0 unspecified atom stereocenters. The highest BCUT2D eigenvalue weighted by atomic mass is 16.2. The van der Waals surface area contributed by atoms with Gasteiger partial charge in [0.15, 0.2) is 0 Å². The van der Waals surface area contributed by atoms with Crippen LogP contribution in [0.15, 0.2) is 5.10 Å². The molecule has 1 amide bonds. The number of carbonyl (C=O) groups is 1. The van der Waals surface area contributed by atoms with Gasteiger partial charge < -0.3 is 0 Å². The van der Waals surface area contributed by atoms with Crippen LogP contribution in [-0.2, 0) is 4.79 Å². The Balaban J connectivity index is 2.52. The molecule has 11 heavy (non-hydrogen) atoms. The first kappa shape index (κ1) is 8.24. The Labute approximate surface area is 67.1 Å². The van der Waals surface area contributed by atoms with Crippen molar-refractivity contribution < 1.29 is 4.79 Å². The molecule has 0 aromatic rings. The lowest BCUT2D eigenvalue weighted by molar-refractivity contribution is -0.129. The van der Waals surface area contributed by atoms with Gasteiger partial charge in [-0.1, -0.05) is 13.8 Å². The summed E-state index contributed by atoms with van der Waals surface area (Å²) in [6.07, 6.45) is 0.507. The third kappa shape index (κ3) is 2.03. The van der Waals surface area contributed by atoms with E-state index in [-0.39, 0.29) is 5.91 Å². The van der Waals surface area contributed by atoms with Crippen molar-refractivity contribution in [1.82, 2.24) is 5.01 Å². The summed E-state index contributed by atoms with van der Waals surface area (Å²) in [4.78, 5) is 11.1. The Bertz CT molecular complexity index is 196. The quantitative estimate of drug-likeness (QED) is 0.589. The van der Waals surface area contributed by atoms with Crippen molar-refractivity contribution in [2.24, 2.45) is 11.0 Å². The monoisotopic (exact) mass is 154 g/mol. The summed E-state index contributed by atoms with van der Waals surface area (Å²) in [6.45, 7) is 6.79. The number of amides is 1. The molecule has 0 spiro atoms. The molecule has 0 N–H and O–H groups in total. The zero-order chi connectivity index (χ0) is 8.43. The molecule has 0 saturated heterocycles. The fraction of sp³-hybridized carbons (Fsp3) is 0.750. The van der Waals surface area contributed by atoms with Gasteiger partial charge in [-0.25, -0.2) is 5.01 Å². The molecule has 0 bridgehead atoms. The van der Waals surface area contributed by atoms with Crippen LogP contribution in [0, 0.1) is 5.92 Å². The minimum absolute atomic E-state index is 0.135. The predicted molar refractivity (Wildman–Crippen MR) is 44.3 cm³/mol. The first-order valence-corrected chi connectivity index (χ1v) is 3.94. The summed E-state index contributed by atoms with van der Waals surface area (Å²) < 4.78 is 0. The van der Waals surface area contributed by atoms with Crippen molar-refractivity contribution in [3.8, 4) is 0 Å². The number of hydrogen-bond donors (Lipinski definition) is 0. The average Bonchev–Trinajstić information content (AvgIpc) is 2.09. The molecule has 0 aromatic carbocycles. The van der Waals surface area contributed by atoms with Crippen LogP contribution in [0.1, 0.15) is 27.2 Å². The van der Waals surface area contributed by atoms with Gasteiger partial charge >= 0.3 is 0 Å². The van der Waals surface area contributed by atoms with E-state index < -0.39 is 0 Å². The molecule has 62 valence electrons. The van der Waals surface area contributed by atoms with Crippen LogP contribution in [0.3, 0.4) is 0 Å². The Morgan fingerprint density at radius 1 is 1.64 bits per heavy atom. The standard InChI is InChI=1S/C8H14N2O/c1-6(2)5-10-8(11)4-7(3)9-10/h6H,4-5H2,1-3H3. The van der Waals surface area contributed by atoms with E-state index in [0.717, 1.165) is 12.3 Å². The van der Waals surface area contributed by atoms with Crippen molar-refractivity contribution in [2.45, 2.75) is 27.2 Å². The van der Waals surface area contributed by atoms with Crippen LogP contribution in [0.25, 0.3) is 0 Å². The first-order valence-electron chi connectivity index (χ1n) is 3.94. The maximum atomic E-state index is 11.1. The molecule has 3 nitrogen and oxygen atoms in total. The van der Waals surface area contributed by atoms with Gasteiger partial charge in [-0.15, -0.1) is 0 Å². The lowest BCUT2D eigenvalue weighted by atomic mass is 10.2. The predicted octanol–water partition coefficient (Wildman–Crippen LogP) is 1.25. The summed E-state index contributed by atoms with van der Waals surface area (Å²) in [6, 6.07) is 0. The second-order valence-corrected chi connectivity index (χ2v) is 3.38. The second-order valence-electron chi connectivity index (χ2n) is 3.38. The molecule has 1 rings (SSSR count). The fourth-order valence-corrected chi connectivity index (χ4v) is 1.10. The van der Waals surface area contributed by atoms with Gasteiger partial charge in [-0.3, -0.25) is 4.79 Å². The Morgan fingerprint density at radius 2 is 2.27 bits per heavy atom. The Morgan fingerprint density at radius 3 is 2.64 bits per heavy atom. The highest BCUT2D eigenvalue weighted by Crippen LogP contribution is 2.09. The van der Waals surface area contributed by atoms with Crippen LogP contribution in [0.2, 0.25) is 0 Å². The summed E-state index contributed by atoms with van der Waals surface area (Å²) in [5.74, 6) is 0.629. The van der Waals surface area contributed by atoms with E-state index in [4.69, 9.17) is 0 Å². The van der Waals surface area contributed by atoms with Crippen LogP contribution < -0.4 is 0 Å². The van der Waals surface area contributed by atoms with E-state index in [1.807, 2.05) is 6.92 Å². The van der Waals surface area contributed by atoms with Crippen molar-refractivity contribution >= 4 is 11.6 Å². The average molecular weight is 154 g/mol. The summed E-state index contributed by atoms with van der Waals surface area (Å²) in [5.41, 5.74) is 0.927. The molecule has 1 aliphatic rings. The lowest BCUT2D eigenvalue weighted by Crippen LogP contribution is -2.24. The van der Waals surface area contributed by atoms with Crippen LogP contribution in [-0.4, -0.2) is 23.2 Å². The Hall–Kier alpha value is -0.860. The second kappa shape index (κ2) is 3.03. The molecule has 0 aromatic heterocycles. The molecule has 3 heteroatoms. The topological polar surface area (TPSA) is 32.7 Å². The van der Waals surface area contributed by atoms with Gasteiger partial charge in [0.1, 0.15) is 0 Å². The summed E-state index contributed by atoms with van der Waals surface area (Å²) in [7, 11) is 0. The third-order valence-electron chi connectivity index (χ3n) is 1.52. The van der Waals surface area contributed by atoms with E-state index in [2.05, 4.69) is 18.9 Å². The zero-order valence-electron chi connectivity index (χ0n) is 7.29. The molecular formula is C8H14N2O. The normalized spacial score (nSPS) is 18.0. The van der Waals surface area contributed by atoms with Gasteiger partial charge in [0, 0.05) is 12.3 Å². The zero-order valence-corrected chi connectivity index (χ0v) is 7.29. The molecule has 1 aliphatic heterocycles. The molecular weight excluding hydrogens is 140 g/mol. The summed E-state index contributed by atoms with van der Waals surface area (Å²) in [5, 5.41) is 5.68. The molecule has 0 atom stereocenters. The van der Waals surface area contributed by atoms with Gasteiger partial charge in [-0.05, 0) is 12.8 Å². The number of hydrogen-bond acceptors (Lipinski definition) is 2. The first-order chi connectivity index (χ1) is 5.09. The number of hydrazone groups is 1. The molecule has 1 heterocycles. The maximum Gasteiger partial charge on any atom is 0.248 e. The van der Waals surface area contributed by atoms with E-state index in [1.54, 1.807) is 5.01 Å². The van der Waals surface area contributed by atoms with Crippen LogP contribution >= 0.6 is 0 Å². The van der Waals surface area contributed by atoms with E-state index in [0.29, 0.717) is 12.3 Å². The van der Waals surface area contributed by atoms with Gasteiger partial charge in [0.2, 0.25) is 5.91 Å². The Kier molecular flexibility index (Phi) is 2.27. The third-order valence-corrected chi connectivity index (χ3v) is 1.52. The minimum Gasteiger partial charge on any atom is -0.273 e. The number of rotatable bonds is 2. The molecule has 0 fully saturated rings. The molecule has 0 radical (unpaired) electrons. The van der Waals surface area contributed by atoms with E-state index in [9.17, 15) is 4.79 Å². The SMILES string of the molecule is CC1=NN(CC(C)C)C(=O)C1. The van der Waals surface area contributed by atoms with E-state index in [1.165, 1.54) is 0 Å². The highest BCUT2D eigenvalue weighted by molar-refractivity contribution is 6.03. The highest BCUT2D eigenvalue weighted by Gasteiger charge is 2.20. The van der Waals surface area contributed by atoms with E-state index >= 15 is 0 Å².